The van der Waals surface area contributed by atoms with Crippen molar-refractivity contribution in [1.82, 2.24) is 34.3 Å². The SMILES string of the molecule is C=CCn1c(Sc2nccn3cnnc23)nnc1-c1ccccc1C. The molecule has 0 bridgehead atoms. The predicted molar refractivity (Wildman–Crippen MR) is 95.3 cm³/mol. The van der Waals surface area contributed by atoms with Gasteiger partial charge in [0.1, 0.15) is 11.4 Å². The zero-order valence-electron chi connectivity index (χ0n) is 13.6. The van der Waals surface area contributed by atoms with Crippen LogP contribution in [0.3, 0.4) is 0 Å². The van der Waals surface area contributed by atoms with Crippen LogP contribution in [-0.2, 0) is 6.54 Å². The standard InChI is InChI=1S/C17H15N7S/c1-3-9-24-14(13-7-5-4-6-12(13)2)21-22-17(24)25-16-15-20-19-11-23(15)10-8-18-16/h3-8,10-11H,1,9H2,2H3. The molecule has 124 valence electrons. The van der Waals surface area contributed by atoms with Crippen LogP contribution in [-0.4, -0.2) is 34.3 Å². The molecule has 4 rings (SSSR count). The van der Waals surface area contributed by atoms with Crippen molar-refractivity contribution in [2.75, 3.05) is 0 Å². The molecule has 3 heterocycles. The van der Waals surface area contributed by atoms with Gasteiger partial charge in [-0.25, -0.2) is 4.98 Å². The highest BCUT2D eigenvalue weighted by Crippen LogP contribution is 2.31. The van der Waals surface area contributed by atoms with Gasteiger partial charge in [0, 0.05) is 24.5 Å². The maximum atomic E-state index is 4.41. The number of rotatable bonds is 5. The highest BCUT2D eigenvalue weighted by atomic mass is 32.2. The fourth-order valence-electron chi connectivity index (χ4n) is 2.57. The Balaban J connectivity index is 1.79. The van der Waals surface area contributed by atoms with Gasteiger partial charge in [0.05, 0.1) is 0 Å². The molecule has 0 amide bonds. The Morgan fingerprint density at radius 2 is 2.08 bits per heavy atom. The molecule has 0 aliphatic carbocycles. The highest BCUT2D eigenvalue weighted by molar-refractivity contribution is 7.99. The zero-order chi connectivity index (χ0) is 17.2. The topological polar surface area (TPSA) is 73.8 Å². The van der Waals surface area contributed by atoms with Crippen molar-refractivity contribution in [3.05, 3.63) is 61.2 Å². The van der Waals surface area contributed by atoms with Crippen LogP contribution in [0.15, 0.2) is 65.8 Å². The monoisotopic (exact) mass is 349 g/mol. The van der Waals surface area contributed by atoms with Gasteiger partial charge in [-0.1, -0.05) is 30.3 Å². The molecule has 0 radical (unpaired) electrons. The van der Waals surface area contributed by atoms with E-state index in [4.69, 9.17) is 0 Å². The third-order valence-electron chi connectivity index (χ3n) is 3.79. The van der Waals surface area contributed by atoms with Crippen molar-refractivity contribution in [2.24, 2.45) is 0 Å². The number of nitrogens with zero attached hydrogens (tertiary/aromatic N) is 7. The van der Waals surface area contributed by atoms with E-state index in [9.17, 15) is 0 Å². The number of allylic oxidation sites excluding steroid dienone is 1. The smallest absolute Gasteiger partial charge is 0.198 e. The molecular weight excluding hydrogens is 334 g/mol. The molecule has 0 saturated heterocycles. The lowest BCUT2D eigenvalue weighted by molar-refractivity contribution is 0.730. The van der Waals surface area contributed by atoms with Gasteiger partial charge in [-0.15, -0.1) is 27.0 Å². The third-order valence-corrected chi connectivity index (χ3v) is 4.75. The maximum Gasteiger partial charge on any atom is 0.198 e. The summed E-state index contributed by atoms with van der Waals surface area (Å²) in [6, 6.07) is 8.12. The molecule has 3 aromatic heterocycles. The van der Waals surface area contributed by atoms with Crippen molar-refractivity contribution >= 4 is 17.4 Å². The summed E-state index contributed by atoms with van der Waals surface area (Å²) in [5.74, 6) is 0.814. The lowest BCUT2D eigenvalue weighted by Gasteiger charge is -2.09. The molecule has 0 aliphatic heterocycles. The number of aromatic nitrogens is 7. The van der Waals surface area contributed by atoms with E-state index in [1.807, 2.05) is 39.4 Å². The molecule has 1 aromatic carbocycles. The van der Waals surface area contributed by atoms with Crippen LogP contribution in [0.1, 0.15) is 5.56 Å². The molecular formula is C17H15N7S. The van der Waals surface area contributed by atoms with Crippen molar-refractivity contribution in [2.45, 2.75) is 23.7 Å². The van der Waals surface area contributed by atoms with Crippen LogP contribution in [0, 0.1) is 6.92 Å². The summed E-state index contributed by atoms with van der Waals surface area (Å²) in [5.41, 5.74) is 2.89. The van der Waals surface area contributed by atoms with E-state index < -0.39 is 0 Å². The van der Waals surface area contributed by atoms with Crippen LogP contribution in [0.25, 0.3) is 17.0 Å². The Labute approximate surface area is 148 Å². The lowest BCUT2D eigenvalue weighted by Crippen LogP contribution is -2.02. The molecule has 25 heavy (non-hydrogen) atoms. The van der Waals surface area contributed by atoms with E-state index in [1.165, 1.54) is 11.8 Å². The Kier molecular flexibility index (Phi) is 4.02. The third kappa shape index (κ3) is 2.80. The largest absolute Gasteiger partial charge is 0.298 e. The van der Waals surface area contributed by atoms with E-state index in [0.717, 1.165) is 27.1 Å². The average Bonchev–Trinajstić information content (AvgIpc) is 3.24. The molecule has 8 heteroatoms. The van der Waals surface area contributed by atoms with E-state index in [-0.39, 0.29) is 0 Å². The molecule has 0 aliphatic rings. The van der Waals surface area contributed by atoms with E-state index in [1.54, 1.807) is 12.5 Å². The Morgan fingerprint density at radius 3 is 2.92 bits per heavy atom. The maximum absolute atomic E-state index is 4.41. The second kappa shape index (κ2) is 6.48. The number of hydrogen-bond acceptors (Lipinski definition) is 6. The van der Waals surface area contributed by atoms with E-state index in [2.05, 4.69) is 44.9 Å². The van der Waals surface area contributed by atoms with Gasteiger partial charge in [0.25, 0.3) is 0 Å². The normalized spacial score (nSPS) is 11.1. The number of benzene rings is 1. The summed E-state index contributed by atoms with van der Waals surface area (Å²) in [6.07, 6.45) is 7.01. The highest BCUT2D eigenvalue weighted by Gasteiger charge is 2.17. The van der Waals surface area contributed by atoms with E-state index in [0.29, 0.717) is 12.2 Å². The first kappa shape index (κ1) is 15.5. The predicted octanol–water partition coefficient (Wildman–Crippen LogP) is 3.03. The first-order valence-corrected chi connectivity index (χ1v) is 8.52. The summed E-state index contributed by atoms with van der Waals surface area (Å²) in [6.45, 7) is 6.52. The minimum atomic E-state index is 0.606. The van der Waals surface area contributed by atoms with Crippen LogP contribution < -0.4 is 0 Å². The van der Waals surface area contributed by atoms with Crippen molar-refractivity contribution in [3.8, 4) is 11.4 Å². The van der Waals surface area contributed by atoms with Gasteiger partial charge in [-0.3, -0.25) is 8.97 Å². The summed E-state index contributed by atoms with van der Waals surface area (Å²) in [4.78, 5) is 4.41. The van der Waals surface area contributed by atoms with E-state index >= 15 is 0 Å². The average molecular weight is 349 g/mol. The van der Waals surface area contributed by atoms with Crippen molar-refractivity contribution < 1.29 is 0 Å². The summed E-state index contributed by atoms with van der Waals surface area (Å²) in [7, 11) is 0. The van der Waals surface area contributed by atoms with Gasteiger partial charge in [-0.05, 0) is 24.2 Å². The molecule has 0 atom stereocenters. The summed E-state index contributed by atoms with van der Waals surface area (Å²) in [5, 5.41) is 18.3. The van der Waals surface area contributed by atoms with Crippen LogP contribution in [0.5, 0.6) is 0 Å². The van der Waals surface area contributed by atoms with Crippen LogP contribution in [0.4, 0.5) is 0 Å². The fraction of sp³-hybridized carbons (Fsp3) is 0.118. The minimum Gasteiger partial charge on any atom is -0.298 e. The van der Waals surface area contributed by atoms with Gasteiger partial charge in [0.2, 0.25) is 0 Å². The van der Waals surface area contributed by atoms with Gasteiger partial charge >= 0.3 is 0 Å². The molecule has 0 N–H and O–H groups in total. The quantitative estimate of drug-likeness (QED) is 0.516. The Hall–Kier alpha value is -3.00. The molecule has 0 fully saturated rings. The Morgan fingerprint density at radius 1 is 1.20 bits per heavy atom. The first-order valence-electron chi connectivity index (χ1n) is 7.70. The molecule has 4 aromatic rings. The Bertz CT molecular complexity index is 1050. The van der Waals surface area contributed by atoms with Crippen LogP contribution >= 0.6 is 11.8 Å². The van der Waals surface area contributed by atoms with Crippen molar-refractivity contribution in [3.63, 3.8) is 0 Å². The number of fused-ring (bicyclic) bond motifs is 1. The molecule has 0 spiro atoms. The second-order valence-corrected chi connectivity index (χ2v) is 6.37. The summed E-state index contributed by atoms with van der Waals surface area (Å²) >= 11 is 1.42. The molecule has 0 saturated carbocycles. The van der Waals surface area contributed by atoms with Gasteiger partial charge < -0.3 is 0 Å². The van der Waals surface area contributed by atoms with Crippen LogP contribution in [0.2, 0.25) is 0 Å². The second-order valence-electron chi connectivity index (χ2n) is 5.42. The minimum absolute atomic E-state index is 0.606. The molecule has 0 unspecified atom stereocenters. The number of hydrogen-bond donors (Lipinski definition) is 0. The summed E-state index contributed by atoms with van der Waals surface area (Å²) < 4.78 is 3.85. The fourth-order valence-corrected chi connectivity index (χ4v) is 3.45. The molecule has 7 nitrogen and oxygen atoms in total. The van der Waals surface area contributed by atoms with Gasteiger partial charge in [0.15, 0.2) is 16.6 Å². The zero-order valence-corrected chi connectivity index (χ0v) is 14.4. The van der Waals surface area contributed by atoms with Gasteiger partial charge in [-0.2, -0.15) is 0 Å². The lowest BCUT2D eigenvalue weighted by atomic mass is 10.1. The van der Waals surface area contributed by atoms with Crippen molar-refractivity contribution in [1.29, 1.82) is 0 Å². The number of aryl methyl sites for hydroxylation is 1. The first-order chi connectivity index (χ1) is 12.3.